The van der Waals surface area contributed by atoms with Crippen LogP contribution in [0.2, 0.25) is 0 Å². The second kappa shape index (κ2) is 4.49. The summed E-state index contributed by atoms with van der Waals surface area (Å²) in [6.45, 7) is 2.76. The first-order valence-corrected chi connectivity index (χ1v) is 5.88. The molecule has 2 aliphatic rings. The summed E-state index contributed by atoms with van der Waals surface area (Å²) in [5.41, 5.74) is 5.34. The van der Waals surface area contributed by atoms with Gasteiger partial charge in [0.15, 0.2) is 0 Å². The lowest BCUT2D eigenvalue weighted by Crippen LogP contribution is -2.56. The Balaban J connectivity index is 1.98. The van der Waals surface area contributed by atoms with Gasteiger partial charge < -0.3 is 15.4 Å². The van der Waals surface area contributed by atoms with Crippen molar-refractivity contribution >= 4 is 5.91 Å². The first-order chi connectivity index (χ1) is 7.22. The highest BCUT2D eigenvalue weighted by atomic mass is 16.5. The van der Waals surface area contributed by atoms with Gasteiger partial charge in [-0.3, -0.25) is 4.79 Å². The van der Waals surface area contributed by atoms with Gasteiger partial charge in [0.25, 0.3) is 0 Å². The standard InChI is InChI=1S/C11H20N2O2/c12-11(5-8-15-9-11)10(14)13-6-3-1-2-4-7-13/h1-9,12H2. The van der Waals surface area contributed by atoms with Crippen LogP contribution in [0.1, 0.15) is 32.1 Å². The monoisotopic (exact) mass is 212 g/mol. The van der Waals surface area contributed by atoms with Crippen LogP contribution in [0.5, 0.6) is 0 Å². The van der Waals surface area contributed by atoms with Crippen molar-refractivity contribution in [2.45, 2.75) is 37.6 Å². The van der Waals surface area contributed by atoms with Crippen LogP contribution in [0.3, 0.4) is 0 Å². The fraction of sp³-hybridized carbons (Fsp3) is 0.909. The van der Waals surface area contributed by atoms with E-state index in [1.54, 1.807) is 0 Å². The molecule has 0 bridgehead atoms. The molecule has 1 atom stereocenters. The van der Waals surface area contributed by atoms with Gasteiger partial charge in [-0.05, 0) is 19.3 Å². The zero-order chi connectivity index (χ0) is 10.7. The van der Waals surface area contributed by atoms with Crippen molar-refractivity contribution in [1.82, 2.24) is 4.90 Å². The summed E-state index contributed by atoms with van der Waals surface area (Å²) in [7, 11) is 0. The number of hydrogen-bond acceptors (Lipinski definition) is 3. The van der Waals surface area contributed by atoms with Gasteiger partial charge in [-0.25, -0.2) is 0 Å². The summed E-state index contributed by atoms with van der Waals surface area (Å²) in [5, 5.41) is 0. The number of nitrogens with two attached hydrogens (primary N) is 1. The Morgan fingerprint density at radius 2 is 1.87 bits per heavy atom. The fourth-order valence-electron chi connectivity index (χ4n) is 2.34. The predicted octanol–water partition coefficient (Wildman–Crippen LogP) is 0.507. The Bertz CT molecular complexity index is 229. The number of rotatable bonds is 1. The molecule has 1 amide bonds. The van der Waals surface area contributed by atoms with Crippen LogP contribution in [-0.4, -0.2) is 42.6 Å². The molecule has 0 spiro atoms. The fourth-order valence-corrected chi connectivity index (χ4v) is 2.34. The molecule has 2 N–H and O–H groups in total. The minimum Gasteiger partial charge on any atom is -0.379 e. The van der Waals surface area contributed by atoms with Crippen LogP contribution < -0.4 is 5.73 Å². The second-order valence-corrected chi connectivity index (χ2v) is 4.67. The van der Waals surface area contributed by atoms with Gasteiger partial charge in [0.1, 0.15) is 5.54 Å². The summed E-state index contributed by atoms with van der Waals surface area (Å²) in [6, 6.07) is 0. The number of carbonyl (C=O) groups excluding carboxylic acids is 1. The molecule has 2 aliphatic heterocycles. The molecular formula is C11H20N2O2. The van der Waals surface area contributed by atoms with Crippen LogP contribution in [0.4, 0.5) is 0 Å². The highest BCUT2D eigenvalue weighted by Crippen LogP contribution is 2.20. The molecule has 0 aromatic rings. The van der Waals surface area contributed by atoms with Crippen molar-refractivity contribution in [2.75, 3.05) is 26.3 Å². The smallest absolute Gasteiger partial charge is 0.245 e. The van der Waals surface area contributed by atoms with Gasteiger partial charge in [-0.15, -0.1) is 0 Å². The van der Waals surface area contributed by atoms with Gasteiger partial charge >= 0.3 is 0 Å². The summed E-state index contributed by atoms with van der Waals surface area (Å²) in [6.07, 6.45) is 5.36. The van der Waals surface area contributed by atoms with Gasteiger partial charge in [-0.1, -0.05) is 12.8 Å². The Morgan fingerprint density at radius 3 is 2.40 bits per heavy atom. The van der Waals surface area contributed by atoms with Crippen LogP contribution >= 0.6 is 0 Å². The predicted molar refractivity (Wildman–Crippen MR) is 57.4 cm³/mol. The molecule has 4 heteroatoms. The molecule has 0 aromatic carbocycles. The van der Waals surface area contributed by atoms with Crippen molar-refractivity contribution in [3.05, 3.63) is 0 Å². The Labute approximate surface area is 90.8 Å². The molecule has 2 rings (SSSR count). The lowest BCUT2D eigenvalue weighted by atomic mass is 9.98. The van der Waals surface area contributed by atoms with E-state index in [0.717, 1.165) is 25.9 Å². The van der Waals surface area contributed by atoms with Crippen molar-refractivity contribution in [3.8, 4) is 0 Å². The first kappa shape index (κ1) is 10.9. The lowest BCUT2D eigenvalue weighted by Gasteiger charge is -2.29. The van der Waals surface area contributed by atoms with Gasteiger partial charge in [0, 0.05) is 19.7 Å². The normalized spacial score (nSPS) is 32.7. The number of likely N-dealkylation sites (tertiary alicyclic amines) is 1. The molecule has 2 saturated heterocycles. The number of amides is 1. The van der Waals surface area contributed by atoms with Crippen LogP contribution in [0, 0.1) is 0 Å². The molecule has 4 nitrogen and oxygen atoms in total. The van der Waals surface area contributed by atoms with E-state index in [-0.39, 0.29) is 5.91 Å². The third-order valence-electron chi connectivity index (χ3n) is 3.37. The van der Waals surface area contributed by atoms with E-state index in [9.17, 15) is 4.79 Å². The maximum Gasteiger partial charge on any atom is 0.245 e. The van der Waals surface area contributed by atoms with Gasteiger partial charge in [-0.2, -0.15) is 0 Å². The molecule has 2 heterocycles. The maximum absolute atomic E-state index is 12.2. The highest BCUT2D eigenvalue weighted by molar-refractivity contribution is 5.86. The van der Waals surface area contributed by atoms with E-state index < -0.39 is 5.54 Å². The SMILES string of the molecule is NC1(C(=O)N2CCCCCC2)CCOC1. The largest absolute Gasteiger partial charge is 0.379 e. The van der Waals surface area contributed by atoms with Crippen molar-refractivity contribution in [3.63, 3.8) is 0 Å². The Kier molecular flexibility index (Phi) is 3.26. The molecule has 15 heavy (non-hydrogen) atoms. The molecule has 0 aromatic heterocycles. The summed E-state index contributed by atoms with van der Waals surface area (Å²) < 4.78 is 5.23. The molecule has 1 unspecified atom stereocenters. The van der Waals surface area contributed by atoms with Crippen LogP contribution in [0.15, 0.2) is 0 Å². The van der Waals surface area contributed by atoms with E-state index in [1.807, 2.05) is 4.90 Å². The third kappa shape index (κ3) is 2.32. The minimum absolute atomic E-state index is 0.0990. The highest BCUT2D eigenvalue weighted by Gasteiger charge is 2.40. The molecule has 0 aliphatic carbocycles. The second-order valence-electron chi connectivity index (χ2n) is 4.67. The molecule has 0 radical (unpaired) electrons. The number of ether oxygens (including phenoxy) is 1. The van der Waals surface area contributed by atoms with Gasteiger partial charge in [0.2, 0.25) is 5.91 Å². The van der Waals surface area contributed by atoms with Crippen molar-refractivity contribution in [2.24, 2.45) is 5.73 Å². The average molecular weight is 212 g/mol. The van der Waals surface area contributed by atoms with E-state index in [1.165, 1.54) is 12.8 Å². The lowest BCUT2D eigenvalue weighted by molar-refractivity contribution is -0.136. The number of nitrogens with zero attached hydrogens (tertiary/aromatic N) is 1. The van der Waals surface area contributed by atoms with Crippen LogP contribution in [0.25, 0.3) is 0 Å². The Morgan fingerprint density at radius 1 is 1.20 bits per heavy atom. The van der Waals surface area contributed by atoms with E-state index in [0.29, 0.717) is 19.6 Å². The van der Waals surface area contributed by atoms with Crippen molar-refractivity contribution in [1.29, 1.82) is 0 Å². The first-order valence-electron chi connectivity index (χ1n) is 5.88. The number of hydrogen-bond donors (Lipinski definition) is 1. The molecule has 2 fully saturated rings. The maximum atomic E-state index is 12.2. The van der Waals surface area contributed by atoms with Gasteiger partial charge in [0.05, 0.1) is 6.61 Å². The van der Waals surface area contributed by atoms with E-state index >= 15 is 0 Å². The van der Waals surface area contributed by atoms with Crippen molar-refractivity contribution < 1.29 is 9.53 Å². The number of carbonyl (C=O) groups is 1. The summed E-state index contributed by atoms with van der Waals surface area (Å²) in [5.74, 6) is 0.0990. The Hall–Kier alpha value is -0.610. The molecule has 86 valence electrons. The molecular weight excluding hydrogens is 192 g/mol. The summed E-state index contributed by atoms with van der Waals surface area (Å²) >= 11 is 0. The van der Waals surface area contributed by atoms with E-state index in [2.05, 4.69) is 0 Å². The zero-order valence-electron chi connectivity index (χ0n) is 9.21. The summed E-state index contributed by atoms with van der Waals surface area (Å²) in [4.78, 5) is 14.1. The third-order valence-corrected chi connectivity index (χ3v) is 3.37. The quantitative estimate of drug-likeness (QED) is 0.689. The molecule has 0 saturated carbocycles. The topological polar surface area (TPSA) is 55.6 Å². The van der Waals surface area contributed by atoms with E-state index in [4.69, 9.17) is 10.5 Å². The van der Waals surface area contributed by atoms with Crippen LogP contribution in [-0.2, 0) is 9.53 Å². The minimum atomic E-state index is -0.732. The zero-order valence-corrected chi connectivity index (χ0v) is 9.21. The average Bonchev–Trinajstić information content (AvgIpc) is 2.54.